The Bertz CT molecular complexity index is 2710. The third kappa shape index (κ3) is 9.92. The number of halogens is 4. The quantitative estimate of drug-likeness (QED) is 0.157. The van der Waals surface area contributed by atoms with Crippen LogP contribution in [0.2, 0.25) is 20.1 Å². The van der Waals surface area contributed by atoms with Crippen molar-refractivity contribution < 1.29 is 9.59 Å². The van der Waals surface area contributed by atoms with Crippen LogP contribution in [-0.2, 0) is 9.59 Å². The summed E-state index contributed by atoms with van der Waals surface area (Å²) in [6, 6.07) is 24.1. The van der Waals surface area contributed by atoms with Crippen LogP contribution < -0.4 is 15.5 Å². The highest BCUT2D eigenvalue weighted by Gasteiger charge is 2.30. The molecule has 2 aromatic heterocycles. The van der Waals surface area contributed by atoms with Crippen LogP contribution in [0.5, 0.6) is 0 Å². The number of hydrogen-bond donors (Lipinski definition) is 2. The molecule has 65 heavy (non-hydrogen) atoms. The first kappa shape index (κ1) is 45.5. The molecule has 15 heteroatoms. The van der Waals surface area contributed by atoms with E-state index >= 15 is 0 Å². The molecule has 2 unspecified atom stereocenters. The lowest BCUT2D eigenvalue weighted by atomic mass is 9.97. The molecule has 0 spiro atoms. The van der Waals surface area contributed by atoms with Gasteiger partial charge in [0.1, 0.15) is 0 Å². The number of piperazine rings is 1. The third-order valence-electron chi connectivity index (χ3n) is 13.6. The Morgan fingerprint density at radius 1 is 0.631 bits per heavy atom. The van der Waals surface area contributed by atoms with Gasteiger partial charge in [0.15, 0.2) is 0 Å². The van der Waals surface area contributed by atoms with Gasteiger partial charge in [0.2, 0.25) is 11.8 Å². The van der Waals surface area contributed by atoms with Gasteiger partial charge in [-0.15, -0.1) is 0 Å². The molecule has 0 aliphatic carbocycles. The topological polar surface area (TPSA) is 104 Å². The van der Waals surface area contributed by atoms with Crippen LogP contribution in [0.25, 0.3) is 27.6 Å². The highest BCUT2D eigenvalue weighted by Crippen LogP contribution is 2.34. The van der Waals surface area contributed by atoms with Gasteiger partial charge in [0.05, 0.1) is 58.9 Å². The Balaban J connectivity index is 0.000000164. The number of fused-ring (bicyclic) bond motifs is 2. The molecule has 4 aromatic carbocycles. The van der Waals surface area contributed by atoms with E-state index < -0.39 is 0 Å². The van der Waals surface area contributed by atoms with Gasteiger partial charge in [-0.3, -0.25) is 9.59 Å². The van der Waals surface area contributed by atoms with E-state index in [2.05, 4.69) is 91.0 Å². The fraction of sp³-hybridized carbons (Fsp3) is 0.400. The van der Waals surface area contributed by atoms with Crippen LogP contribution in [-0.4, -0.2) is 105 Å². The standard InChI is InChI=1S/C26H28Cl2N4O.C24H27Cl2N5O/c1-17(21-7-6-20(27)15-22(21)28)32-16-30-23-8-5-19(14-25(23)32)18-9-12-31(13-10-18)26(33)24-4-2-3-11-29-24;1-16(19-6-4-17(25)13-20(19)26)31-15-28-21-7-5-18(14-23(21)31)29-9-11-30(12-10-29)24(32)22-3-2-8-27-22/h5-9,14-17,24,29H,2-4,10-13H2,1H3;4-7,13-16,22,27H,2-3,8-12H2,1H3/t17?,24-;16?,22-/m11/s1. The Labute approximate surface area is 400 Å². The summed E-state index contributed by atoms with van der Waals surface area (Å²) in [6.45, 7) is 10.7. The van der Waals surface area contributed by atoms with E-state index in [0.717, 1.165) is 123 Å². The number of amides is 2. The molecule has 0 bridgehead atoms. The van der Waals surface area contributed by atoms with Crippen LogP contribution in [0.4, 0.5) is 5.69 Å². The second-order valence-corrected chi connectivity index (χ2v) is 19.3. The van der Waals surface area contributed by atoms with Gasteiger partial charge in [-0.25, -0.2) is 9.97 Å². The summed E-state index contributed by atoms with van der Waals surface area (Å²) >= 11 is 25.1. The smallest absolute Gasteiger partial charge is 0.239 e. The molecule has 4 atom stereocenters. The van der Waals surface area contributed by atoms with Crippen molar-refractivity contribution in [3.05, 3.63) is 128 Å². The van der Waals surface area contributed by atoms with E-state index in [1.165, 1.54) is 11.1 Å². The lowest BCUT2D eigenvalue weighted by molar-refractivity contribution is -0.134. The largest absolute Gasteiger partial charge is 0.368 e. The molecule has 2 N–H and O–H groups in total. The van der Waals surface area contributed by atoms with Crippen molar-refractivity contribution in [2.24, 2.45) is 0 Å². The SMILES string of the molecule is CC(c1ccc(Cl)cc1Cl)n1cnc2ccc(C3=CCN(C(=O)[C@H]4CCCCN4)CC3)cc21.CC(c1ccc(Cl)cc1Cl)n1cnc2ccc(N3CCN(C(=O)[C@H]4CCCN4)CC3)cc21. The number of rotatable bonds is 8. The summed E-state index contributed by atoms with van der Waals surface area (Å²) in [5.74, 6) is 0.497. The predicted octanol–water partition coefficient (Wildman–Crippen LogP) is 10.1. The van der Waals surface area contributed by atoms with Crippen LogP contribution >= 0.6 is 46.4 Å². The minimum atomic E-state index is -0.0134. The number of benzene rings is 4. The first-order chi connectivity index (χ1) is 31.5. The van der Waals surface area contributed by atoms with Crippen LogP contribution in [0, 0.1) is 0 Å². The highest BCUT2D eigenvalue weighted by atomic mass is 35.5. The molecule has 3 fully saturated rings. The first-order valence-corrected chi connectivity index (χ1v) is 24.4. The Morgan fingerprint density at radius 2 is 1.20 bits per heavy atom. The molecule has 0 saturated carbocycles. The lowest BCUT2D eigenvalue weighted by Crippen LogP contribution is -2.53. The average molecular weight is 956 g/mol. The second kappa shape index (κ2) is 20.1. The summed E-state index contributed by atoms with van der Waals surface area (Å²) in [7, 11) is 0. The van der Waals surface area contributed by atoms with Crippen molar-refractivity contribution in [2.75, 3.05) is 57.3 Å². The summed E-state index contributed by atoms with van der Waals surface area (Å²) < 4.78 is 4.31. The fourth-order valence-corrected chi connectivity index (χ4v) is 10.9. The zero-order valence-electron chi connectivity index (χ0n) is 36.8. The van der Waals surface area contributed by atoms with Gasteiger partial charge in [-0.2, -0.15) is 0 Å². The number of imidazole rings is 2. The summed E-state index contributed by atoms with van der Waals surface area (Å²) in [4.78, 5) is 41.1. The number of piperidine rings is 1. The van der Waals surface area contributed by atoms with Gasteiger partial charge in [0, 0.05) is 65.0 Å². The minimum Gasteiger partial charge on any atom is -0.368 e. The van der Waals surface area contributed by atoms with Gasteiger partial charge < -0.3 is 34.5 Å². The van der Waals surface area contributed by atoms with Crippen molar-refractivity contribution in [1.82, 2.24) is 39.5 Å². The van der Waals surface area contributed by atoms with E-state index in [-0.39, 0.29) is 36.0 Å². The molecule has 2 amide bonds. The van der Waals surface area contributed by atoms with Gasteiger partial charge in [0.25, 0.3) is 0 Å². The zero-order valence-corrected chi connectivity index (χ0v) is 39.9. The average Bonchev–Trinajstić information content (AvgIpc) is 4.12. The predicted molar refractivity (Wildman–Crippen MR) is 265 cm³/mol. The van der Waals surface area contributed by atoms with E-state index in [9.17, 15) is 9.59 Å². The number of carbonyl (C=O) groups excluding carboxylic acids is 2. The first-order valence-electron chi connectivity index (χ1n) is 22.8. The maximum Gasteiger partial charge on any atom is 0.239 e. The van der Waals surface area contributed by atoms with E-state index in [1.54, 1.807) is 12.1 Å². The Hall–Kier alpha value is -4.62. The molecule has 3 saturated heterocycles. The van der Waals surface area contributed by atoms with Gasteiger partial charge in [-0.05, 0) is 136 Å². The molecule has 4 aliphatic heterocycles. The molecule has 340 valence electrons. The number of aromatic nitrogens is 4. The molecular weight excluding hydrogens is 900 g/mol. The molecule has 6 aromatic rings. The molecule has 11 nitrogen and oxygen atoms in total. The van der Waals surface area contributed by atoms with Gasteiger partial charge >= 0.3 is 0 Å². The second-order valence-electron chi connectivity index (χ2n) is 17.6. The lowest BCUT2D eigenvalue weighted by Gasteiger charge is -2.37. The van der Waals surface area contributed by atoms with E-state index in [0.29, 0.717) is 26.6 Å². The highest BCUT2D eigenvalue weighted by molar-refractivity contribution is 6.35. The molecule has 0 radical (unpaired) electrons. The van der Waals surface area contributed by atoms with Crippen molar-refractivity contribution in [2.45, 2.75) is 76.5 Å². The van der Waals surface area contributed by atoms with Crippen molar-refractivity contribution >= 4 is 91.5 Å². The maximum absolute atomic E-state index is 12.8. The zero-order chi connectivity index (χ0) is 45.2. The number of carbonyl (C=O) groups is 2. The summed E-state index contributed by atoms with van der Waals surface area (Å²) in [6.07, 6.45) is 12.1. The fourth-order valence-electron chi connectivity index (χ4n) is 9.75. The van der Waals surface area contributed by atoms with Crippen molar-refractivity contribution in [3.63, 3.8) is 0 Å². The van der Waals surface area contributed by atoms with E-state index in [1.807, 2.05) is 46.7 Å². The summed E-state index contributed by atoms with van der Waals surface area (Å²) in [5.41, 5.74) is 9.66. The van der Waals surface area contributed by atoms with Crippen LogP contribution in [0.1, 0.15) is 81.1 Å². The van der Waals surface area contributed by atoms with Crippen LogP contribution in [0.3, 0.4) is 0 Å². The number of nitrogens with zero attached hydrogens (tertiary/aromatic N) is 7. The Morgan fingerprint density at radius 3 is 1.75 bits per heavy atom. The Kier molecular flexibility index (Phi) is 14.1. The third-order valence-corrected chi connectivity index (χ3v) is 14.7. The normalized spacial score (nSPS) is 20.1. The number of nitrogens with one attached hydrogen (secondary N) is 2. The van der Waals surface area contributed by atoms with Crippen molar-refractivity contribution in [1.29, 1.82) is 0 Å². The molecule has 6 heterocycles. The van der Waals surface area contributed by atoms with Crippen LogP contribution in [0.15, 0.2) is 91.5 Å². The maximum atomic E-state index is 12.8. The summed E-state index contributed by atoms with van der Waals surface area (Å²) in [5, 5.41) is 9.26. The minimum absolute atomic E-state index is 0.00781. The number of hydrogen-bond acceptors (Lipinski definition) is 7. The molecule has 4 aliphatic rings. The van der Waals surface area contributed by atoms with Gasteiger partial charge in [-0.1, -0.05) is 77.1 Å². The molecule has 10 rings (SSSR count). The van der Waals surface area contributed by atoms with E-state index in [4.69, 9.17) is 46.4 Å². The van der Waals surface area contributed by atoms with Crippen molar-refractivity contribution in [3.8, 4) is 0 Å². The molecular formula is C50H55Cl4N9O2. The number of anilines is 1. The monoisotopic (exact) mass is 953 g/mol.